The van der Waals surface area contributed by atoms with Crippen molar-refractivity contribution in [2.75, 3.05) is 18.1 Å². The lowest BCUT2D eigenvalue weighted by atomic mass is 10.3. The second kappa shape index (κ2) is 5.66. The van der Waals surface area contributed by atoms with Gasteiger partial charge in [0.2, 0.25) is 5.91 Å². The number of carbonyl (C=O) groups is 3. The number of rotatable bonds is 4. The zero-order valence-electron chi connectivity index (χ0n) is 10.1. The number of hydrogen-bond donors (Lipinski definition) is 0. The van der Waals surface area contributed by atoms with E-state index in [1.807, 2.05) is 0 Å². The highest BCUT2D eigenvalue weighted by atomic mass is 35.5. The Labute approximate surface area is 118 Å². The lowest BCUT2D eigenvalue weighted by molar-refractivity contribution is -0.137. The summed E-state index contributed by atoms with van der Waals surface area (Å²) in [6.07, 6.45) is 0.252. The van der Waals surface area contributed by atoms with Gasteiger partial charge in [-0.2, -0.15) is 0 Å². The molecule has 0 saturated carbocycles. The Bertz CT molecular complexity index is 531. The first kappa shape index (κ1) is 14.0. The van der Waals surface area contributed by atoms with Crippen molar-refractivity contribution in [3.05, 3.63) is 11.1 Å². The van der Waals surface area contributed by atoms with Gasteiger partial charge >= 0.3 is 5.97 Å². The van der Waals surface area contributed by atoms with Gasteiger partial charge in [0.25, 0.3) is 5.78 Å². The number of ketones is 1. The minimum Gasteiger partial charge on any atom is -0.460 e. The summed E-state index contributed by atoms with van der Waals surface area (Å²) in [4.78, 5) is 40.0. The van der Waals surface area contributed by atoms with Crippen molar-refractivity contribution in [3.63, 3.8) is 0 Å². The first-order chi connectivity index (χ1) is 9.02. The van der Waals surface area contributed by atoms with Gasteiger partial charge in [0.05, 0.1) is 12.0 Å². The van der Waals surface area contributed by atoms with Crippen LogP contribution in [0.5, 0.6) is 0 Å². The van der Waals surface area contributed by atoms with Crippen LogP contribution in [0.2, 0.25) is 0 Å². The summed E-state index contributed by atoms with van der Waals surface area (Å²) < 4.78 is 4.61. The van der Waals surface area contributed by atoms with Crippen molar-refractivity contribution in [1.29, 1.82) is 0 Å². The van der Waals surface area contributed by atoms with Gasteiger partial charge in [-0.05, 0) is 6.92 Å². The Kier molecular flexibility index (Phi) is 4.16. The van der Waals surface area contributed by atoms with Crippen LogP contribution >= 0.6 is 22.9 Å². The summed E-state index contributed by atoms with van der Waals surface area (Å²) in [5, 5.41) is 1.56. The van der Waals surface area contributed by atoms with E-state index < -0.39 is 11.8 Å². The summed E-state index contributed by atoms with van der Waals surface area (Å²) in [6.45, 7) is 2.10. The van der Waals surface area contributed by atoms with Crippen molar-refractivity contribution in [3.8, 4) is 0 Å². The van der Waals surface area contributed by atoms with E-state index in [0.717, 1.165) is 11.3 Å². The molecule has 2 rings (SSSR count). The molecule has 0 N–H and O–H groups in total. The van der Waals surface area contributed by atoms with Gasteiger partial charge in [-0.25, -0.2) is 9.78 Å². The number of alkyl halides is 1. The Morgan fingerprint density at radius 2 is 2.37 bits per heavy atom. The van der Waals surface area contributed by atoms with E-state index in [9.17, 15) is 14.4 Å². The maximum absolute atomic E-state index is 11.6. The van der Waals surface area contributed by atoms with E-state index in [4.69, 9.17) is 11.6 Å². The van der Waals surface area contributed by atoms with Crippen LogP contribution in [0, 0.1) is 0 Å². The number of nitrogens with zero attached hydrogens (tertiary/aromatic N) is 2. The average Bonchev–Trinajstić information content (AvgIpc) is 2.95. The van der Waals surface area contributed by atoms with E-state index in [0.29, 0.717) is 11.7 Å². The predicted molar refractivity (Wildman–Crippen MR) is 69.7 cm³/mol. The van der Waals surface area contributed by atoms with Crippen molar-refractivity contribution >= 4 is 45.7 Å². The highest BCUT2D eigenvalue weighted by molar-refractivity contribution is 7.14. The molecule has 19 heavy (non-hydrogen) atoms. The van der Waals surface area contributed by atoms with Crippen LogP contribution in [0.1, 0.15) is 23.8 Å². The van der Waals surface area contributed by atoms with Gasteiger partial charge in [-0.1, -0.05) is 0 Å². The zero-order chi connectivity index (χ0) is 14.0. The molecular formula is C11H11ClN2O4S. The van der Waals surface area contributed by atoms with E-state index in [-0.39, 0.29) is 30.0 Å². The molecule has 2 heterocycles. The zero-order valence-corrected chi connectivity index (χ0v) is 11.7. The third kappa shape index (κ3) is 2.93. The maximum Gasteiger partial charge on any atom is 0.381 e. The lowest BCUT2D eigenvalue weighted by Crippen LogP contribution is -2.25. The Morgan fingerprint density at radius 3 is 2.95 bits per heavy atom. The number of carbonyl (C=O) groups excluding carboxylic acids is 3. The number of ether oxygens (including phenoxy) is 1. The largest absolute Gasteiger partial charge is 0.460 e. The molecule has 6 nitrogen and oxygen atoms in total. The number of anilines is 1. The second-order valence-electron chi connectivity index (χ2n) is 3.87. The molecule has 8 heteroatoms. The molecule has 1 saturated heterocycles. The van der Waals surface area contributed by atoms with Crippen molar-refractivity contribution in [2.45, 2.75) is 18.7 Å². The summed E-state index contributed by atoms with van der Waals surface area (Å²) in [6, 6.07) is 0. The van der Waals surface area contributed by atoms with Gasteiger partial charge in [0.15, 0.2) is 5.13 Å². The van der Waals surface area contributed by atoms with Crippen molar-refractivity contribution in [2.24, 2.45) is 0 Å². The van der Waals surface area contributed by atoms with Crippen LogP contribution < -0.4 is 4.90 Å². The molecular weight excluding hydrogens is 292 g/mol. The average molecular weight is 303 g/mol. The Hall–Kier alpha value is -1.47. The van der Waals surface area contributed by atoms with Crippen LogP contribution in [0.15, 0.2) is 5.38 Å². The molecule has 1 amide bonds. The fourth-order valence-electron chi connectivity index (χ4n) is 1.64. The monoisotopic (exact) mass is 302 g/mol. The highest BCUT2D eigenvalue weighted by Gasteiger charge is 2.32. The standard InChI is InChI=1S/C11H11ClN2O4S/c1-2-18-10(17)9(16)7-5-19-11(13-7)14-4-6(12)3-8(14)15/h5-6H,2-4H2,1H3. The molecule has 0 radical (unpaired) electrons. The highest BCUT2D eigenvalue weighted by Crippen LogP contribution is 2.27. The van der Waals surface area contributed by atoms with E-state index in [1.54, 1.807) is 6.92 Å². The molecule has 102 valence electrons. The molecule has 0 aliphatic carbocycles. The molecule has 1 fully saturated rings. The van der Waals surface area contributed by atoms with E-state index in [2.05, 4.69) is 9.72 Å². The van der Waals surface area contributed by atoms with Gasteiger partial charge in [0.1, 0.15) is 5.69 Å². The molecule has 0 aromatic carbocycles. The molecule has 1 aromatic rings. The quantitative estimate of drug-likeness (QED) is 0.362. The minimum atomic E-state index is -0.942. The Balaban J connectivity index is 2.13. The van der Waals surface area contributed by atoms with Gasteiger partial charge in [0, 0.05) is 18.3 Å². The normalized spacial score (nSPS) is 18.7. The summed E-state index contributed by atoms with van der Waals surface area (Å²) in [7, 11) is 0. The summed E-state index contributed by atoms with van der Waals surface area (Å²) in [5.74, 6) is -1.88. The van der Waals surface area contributed by atoms with Crippen LogP contribution in [-0.4, -0.2) is 41.2 Å². The first-order valence-electron chi connectivity index (χ1n) is 5.64. The van der Waals surface area contributed by atoms with Crippen molar-refractivity contribution < 1.29 is 19.1 Å². The number of esters is 1. The third-order valence-corrected chi connectivity index (χ3v) is 3.65. The summed E-state index contributed by atoms with van der Waals surface area (Å²) in [5.41, 5.74) is -0.00993. The molecule has 1 aliphatic rings. The number of halogens is 1. The van der Waals surface area contributed by atoms with E-state index >= 15 is 0 Å². The van der Waals surface area contributed by atoms with Gasteiger partial charge < -0.3 is 4.74 Å². The van der Waals surface area contributed by atoms with Crippen LogP contribution in [0.4, 0.5) is 5.13 Å². The second-order valence-corrected chi connectivity index (χ2v) is 5.32. The maximum atomic E-state index is 11.6. The molecule has 0 bridgehead atoms. The lowest BCUT2D eigenvalue weighted by Gasteiger charge is -2.10. The number of hydrogen-bond acceptors (Lipinski definition) is 6. The van der Waals surface area contributed by atoms with Crippen LogP contribution in [0.25, 0.3) is 0 Å². The fraction of sp³-hybridized carbons (Fsp3) is 0.455. The SMILES string of the molecule is CCOC(=O)C(=O)c1csc(N2CC(Cl)CC2=O)n1. The smallest absolute Gasteiger partial charge is 0.381 e. The summed E-state index contributed by atoms with van der Waals surface area (Å²) >= 11 is 7.01. The first-order valence-corrected chi connectivity index (χ1v) is 6.96. The predicted octanol–water partition coefficient (Wildman–Crippen LogP) is 1.23. The van der Waals surface area contributed by atoms with Crippen molar-refractivity contribution in [1.82, 2.24) is 4.98 Å². The molecule has 1 aliphatic heterocycles. The topological polar surface area (TPSA) is 76.6 Å². The third-order valence-electron chi connectivity index (χ3n) is 2.49. The molecule has 0 spiro atoms. The number of Topliss-reactive ketones (excluding diaryl/α,β-unsaturated/α-hetero) is 1. The van der Waals surface area contributed by atoms with Gasteiger partial charge in [-0.15, -0.1) is 22.9 Å². The molecule has 1 unspecified atom stereocenters. The van der Waals surface area contributed by atoms with Gasteiger partial charge in [-0.3, -0.25) is 14.5 Å². The van der Waals surface area contributed by atoms with E-state index in [1.165, 1.54) is 10.3 Å². The fourth-order valence-corrected chi connectivity index (χ4v) is 2.74. The van der Waals surface area contributed by atoms with Crippen LogP contribution in [-0.2, 0) is 14.3 Å². The Morgan fingerprint density at radius 1 is 1.63 bits per heavy atom. The number of amides is 1. The molecule has 1 atom stereocenters. The molecule has 1 aromatic heterocycles. The minimum absolute atomic E-state index is 0.00993. The number of aromatic nitrogens is 1. The van der Waals surface area contributed by atoms with Crippen LogP contribution in [0.3, 0.4) is 0 Å². The number of thiazole rings is 1.